The largest absolute Gasteiger partial charge is 0.497 e. The molecule has 0 aliphatic heterocycles. The molecule has 31 heavy (non-hydrogen) atoms. The topological polar surface area (TPSA) is 93.2 Å². The van der Waals surface area contributed by atoms with Crippen molar-refractivity contribution >= 4 is 28.3 Å². The summed E-state index contributed by atoms with van der Waals surface area (Å²) in [6, 6.07) is 6.92. The van der Waals surface area contributed by atoms with Gasteiger partial charge in [-0.25, -0.2) is 0 Å². The third kappa shape index (κ3) is 7.94. The summed E-state index contributed by atoms with van der Waals surface area (Å²) in [5.74, 6) is 0.399. The molecule has 170 valence electrons. The predicted molar refractivity (Wildman–Crippen MR) is 125 cm³/mol. The van der Waals surface area contributed by atoms with E-state index >= 15 is 0 Å². The Balaban J connectivity index is 1.97. The second-order valence-corrected chi connectivity index (χ2v) is 8.71. The van der Waals surface area contributed by atoms with Crippen LogP contribution in [0, 0.1) is 5.92 Å². The fourth-order valence-electron chi connectivity index (χ4n) is 3.17. The van der Waals surface area contributed by atoms with Crippen molar-refractivity contribution in [3.8, 4) is 16.3 Å². The second kappa shape index (κ2) is 13.0. The van der Waals surface area contributed by atoms with Gasteiger partial charge in [0.15, 0.2) is 0 Å². The maximum atomic E-state index is 12.9. The lowest BCUT2D eigenvalue weighted by molar-refractivity contribution is -0.127. The van der Waals surface area contributed by atoms with Gasteiger partial charge < -0.3 is 10.1 Å². The molecule has 1 aromatic carbocycles. The van der Waals surface area contributed by atoms with E-state index in [1.54, 1.807) is 7.11 Å². The summed E-state index contributed by atoms with van der Waals surface area (Å²) < 4.78 is 5.25. The number of hydrogen-bond acceptors (Lipinski definition) is 6. The molecule has 0 spiro atoms. The molecular formula is C23H34N4O3S. The van der Waals surface area contributed by atoms with Gasteiger partial charge in [-0.3, -0.25) is 14.9 Å². The third-order valence-corrected chi connectivity index (χ3v) is 6.18. The number of carbonyl (C=O) groups is 2. The second-order valence-electron chi connectivity index (χ2n) is 7.73. The molecule has 2 aromatic rings. The lowest BCUT2D eigenvalue weighted by Crippen LogP contribution is -2.47. The van der Waals surface area contributed by atoms with Crippen molar-refractivity contribution in [2.75, 3.05) is 12.4 Å². The number of unbranched alkanes of at least 4 members (excludes halogenated alkanes) is 4. The highest BCUT2D eigenvalue weighted by molar-refractivity contribution is 7.18. The van der Waals surface area contributed by atoms with Gasteiger partial charge >= 0.3 is 0 Å². The van der Waals surface area contributed by atoms with Crippen molar-refractivity contribution in [3.63, 3.8) is 0 Å². The quantitative estimate of drug-likeness (QED) is 0.420. The molecule has 2 N–H and O–H groups in total. The maximum absolute atomic E-state index is 12.9. The van der Waals surface area contributed by atoms with Crippen LogP contribution in [0.3, 0.4) is 0 Å². The van der Waals surface area contributed by atoms with Crippen LogP contribution >= 0.6 is 11.3 Å². The number of amides is 2. The van der Waals surface area contributed by atoms with Gasteiger partial charge in [0.1, 0.15) is 16.8 Å². The summed E-state index contributed by atoms with van der Waals surface area (Å²) in [6.45, 7) is 6.14. The molecule has 7 nitrogen and oxygen atoms in total. The molecular weight excluding hydrogens is 412 g/mol. The van der Waals surface area contributed by atoms with Crippen LogP contribution in [0.15, 0.2) is 24.3 Å². The van der Waals surface area contributed by atoms with Gasteiger partial charge in [-0.05, 0) is 24.5 Å². The first-order valence-electron chi connectivity index (χ1n) is 11.1. The highest BCUT2D eigenvalue weighted by Crippen LogP contribution is 2.29. The van der Waals surface area contributed by atoms with Crippen LogP contribution in [0.1, 0.15) is 65.7 Å². The van der Waals surface area contributed by atoms with Crippen LogP contribution in [-0.2, 0) is 9.59 Å². The molecule has 0 aliphatic carbocycles. The Hall–Kier alpha value is -2.48. The summed E-state index contributed by atoms with van der Waals surface area (Å²) in [6.07, 6.45) is 6.63. The Morgan fingerprint density at radius 1 is 1.13 bits per heavy atom. The van der Waals surface area contributed by atoms with Gasteiger partial charge in [0.2, 0.25) is 16.9 Å². The number of nitrogens with one attached hydrogen (secondary N) is 2. The van der Waals surface area contributed by atoms with Crippen LogP contribution < -0.4 is 15.4 Å². The average Bonchev–Trinajstić information content (AvgIpc) is 3.25. The van der Waals surface area contributed by atoms with Gasteiger partial charge in [-0.1, -0.05) is 76.3 Å². The summed E-state index contributed by atoms with van der Waals surface area (Å²) >= 11 is 1.29. The first kappa shape index (κ1) is 24.8. The van der Waals surface area contributed by atoms with E-state index in [-0.39, 0.29) is 17.7 Å². The Morgan fingerprint density at radius 2 is 1.90 bits per heavy atom. The van der Waals surface area contributed by atoms with Crippen molar-refractivity contribution in [1.29, 1.82) is 0 Å². The van der Waals surface area contributed by atoms with Crippen molar-refractivity contribution < 1.29 is 14.3 Å². The summed E-state index contributed by atoms with van der Waals surface area (Å²) in [5, 5.41) is 15.1. The highest BCUT2D eigenvalue weighted by atomic mass is 32.1. The van der Waals surface area contributed by atoms with Crippen molar-refractivity contribution in [2.24, 2.45) is 5.92 Å². The predicted octanol–water partition coefficient (Wildman–Crippen LogP) is 5.04. The van der Waals surface area contributed by atoms with Gasteiger partial charge in [-0.2, -0.15) is 0 Å². The number of benzene rings is 1. The molecule has 0 aliphatic rings. The van der Waals surface area contributed by atoms with Crippen LogP contribution in [0.2, 0.25) is 0 Å². The normalized spacial score (nSPS) is 12.8. The smallest absolute Gasteiger partial charge is 0.249 e. The molecule has 1 heterocycles. The highest BCUT2D eigenvalue weighted by Gasteiger charge is 2.26. The average molecular weight is 447 g/mol. The van der Waals surface area contributed by atoms with E-state index in [1.807, 2.05) is 38.1 Å². The fourth-order valence-corrected chi connectivity index (χ4v) is 3.91. The van der Waals surface area contributed by atoms with E-state index < -0.39 is 6.04 Å². The molecule has 0 fully saturated rings. The zero-order chi connectivity index (χ0) is 22.6. The van der Waals surface area contributed by atoms with E-state index in [9.17, 15) is 9.59 Å². The minimum Gasteiger partial charge on any atom is -0.497 e. The Bertz CT molecular complexity index is 840. The van der Waals surface area contributed by atoms with E-state index in [0.29, 0.717) is 16.6 Å². The van der Waals surface area contributed by atoms with Crippen LogP contribution in [0.4, 0.5) is 5.13 Å². The SMILES string of the molecule is CCCCCCCC(=O)NC(C(=O)Nc1nnc(-c2cccc(OC)c2)s1)C(C)CC. The number of carbonyl (C=O) groups excluding carboxylic acids is 2. The zero-order valence-corrected chi connectivity index (χ0v) is 19.8. The molecule has 2 unspecified atom stereocenters. The molecule has 2 amide bonds. The van der Waals surface area contributed by atoms with Gasteiger partial charge in [-0.15, -0.1) is 10.2 Å². The number of nitrogens with zero attached hydrogens (tertiary/aromatic N) is 2. The minimum absolute atomic E-state index is 0.00909. The van der Waals surface area contributed by atoms with Gasteiger partial charge in [0.05, 0.1) is 7.11 Å². The fraction of sp³-hybridized carbons (Fsp3) is 0.565. The number of methoxy groups -OCH3 is 1. The Labute approximate surface area is 189 Å². The number of hydrogen-bond donors (Lipinski definition) is 2. The summed E-state index contributed by atoms with van der Waals surface area (Å²) in [7, 11) is 1.61. The van der Waals surface area contributed by atoms with Crippen LogP contribution in [0.25, 0.3) is 10.6 Å². The van der Waals surface area contributed by atoms with E-state index in [1.165, 1.54) is 24.2 Å². The number of rotatable bonds is 13. The summed E-state index contributed by atoms with van der Waals surface area (Å²) in [5.41, 5.74) is 0.868. The Morgan fingerprint density at radius 3 is 2.61 bits per heavy atom. The first-order chi connectivity index (χ1) is 15.0. The minimum atomic E-state index is -0.600. The molecule has 2 rings (SSSR count). The number of ether oxygens (including phenoxy) is 1. The number of anilines is 1. The van der Waals surface area contributed by atoms with Crippen molar-refractivity contribution in [2.45, 2.75) is 71.8 Å². The maximum Gasteiger partial charge on any atom is 0.249 e. The van der Waals surface area contributed by atoms with E-state index in [0.717, 1.165) is 37.0 Å². The zero-order valence-electron chi connectivity index (χ0n) is 18.9. The third-order valence-electron chi connectivity index (χ3n) is 5.29. The molecule has 8 heteroatoms. The van der Waals surface area contributed by atoms with Gasteiger partial charge in [0.25, 0.3) is 0 Å². The van der Waals surface area contributed by atoms with Gasteiger partial charge in [0, 0.05) is 12.0 Å². The Kier molecular flexibility index (Phi) is 10.4. The molecule has 0 saturated heterocycles. The van der Waals surface area contributed by atoms with Crippen molar-refractivity contribution in [3.05, 3.63) is 24.3 Å². The molecule has 0 radical (unpaired) electrons. The van der Waals surface area contributed by atoms with E-state index in [4.69, 9.17) is 4.74 Å². The lowest BCUT2D eigenvalue weighted by atomic mass is 9.98. The monoisotopic (exact) mass is 446 g/mol. The van der Waals surface area contributed by atoms with Crippen LogP contribution in [0.5, 0.6) is 5.75 Å². The van der Waals surface area contributed by atoms with Crippen molar-refractivity contribution in [1.82, 2.24) is 15.5 Å². The van der Waals surface area contributed by atoms with Crippen LogP contribution in [-0.4, -0.2) is 35.2 Å². The lowest BCUT2D eigenvalue weighted by Gasteiger charge is -2.23. The van der Waals surface area contributed by atoms with E-state index in [2.05, 4.69) is 27.8 Å². The molecule has 2 atom stereocenters. The molecule has 1 aromatic heterocycles. The summed E-state index contributed by atoms with van der Waals surface area (Å²) in [4.78, 5) is 25.3. The number of aromatic nitrogens is 2. The standard InChI is InChI=1S/C23H34N4O3S/c1-5-7-8-9-10-14-19(28)24-20(16(3)6-2)21(29)25-23-27-26-22(31-23)17-12-11-13-18(15-17)30-4/h11-13,15-16,20H,5-10,14H2,1-4H3,(H,24,28)(H,25,27,29). The first-order valence-corrected chi connectivity index (χ1v) is 11.9. The molecule has 0 saturated carbocycles. The molecule has 0 bridgehead atoms.